The van der Waals surface area contributed by atoms with Crippen LogP contribution in [0, 0.1) is 13.8 Å². The van der Waals surface area contributed by atoms with E-state index in [4.69, 9.17) is 16.7 Å². The molecule has 3 N–H and O–H groups in total. The zero-order valence-electron chi connectivity index (χ0n) is 10.9. The van der Waals surface area contributed by atoms with Gasteiger partial charge in [0.05, 0.1) is 18.0 Å². The SMILES string of the molecule is Cc1ccc(Cl)cc1NS(=O)(=O)c1c(CO)n[nH]c1C. The Kier molecular flexibility index (Phi) is 4.03. The van der Waals surface area contributed by atoms with E-state index in [1.165, 1.54) is 6.07 Å². The summed E-state index contributed by atoms with van der Waals surface area (Å²) >= 11 is 5.87. The number of anilines is 1. The molecule has 0 saturated heterocycles. The molecule has 0 amide bonds. The van der Waals surface area contributed by atoms with Crippen LogP contribution in [0.2, 0.25) is 5.02 Å². The Morgan fingerprint density at radius 2 is 2.10 bits per heavy atom. The summed E-state index contributed by atoms with van der Waals surface area (Å²) in [6.07, 6.45) is 0. The van der Waals surface area contributed by atoms with E-state index in [2.05, 4.69) is 14.9 Å². The summed E-state index contributed by atoms with van der Waals surface area (Å²) in [5.74, 6) is 0. The fourth-order valence-electron chi connectivity index (χ4n) is 1.83. The largest absolute Gasteiger partial charge is 0.390 e. The molecule has 0 aliphatic carbocycles. The van der Waals surface area contributed by atoms with Crippen molar-refractivity contribution in [1.82, 2.24) is 10.2 Å². The molecule has 0 aliphatic rings. The zero-order valence-corrected chi connectivity index (χ0v) is 12.5. The summed E-state index contributed by atoms with van der Waals surface area (Å²) in [6, 6.07) is 4.93. The van der Waals surface area contributed by atoms with Gasteiger partial charge in [-0.25, -0.2) is 8.42 Å². The molecule has 0 spiro atoms. The smallest absolute Gasteiger partial charge is 0.265 e. The number of aromatic nitrogens is 2. The number of nitrogens with one attached hydrogen (secondary N) is 2. The molecular weight excluding hydrogens is 302 g/mol. The van der Waals surface area contributed by atoms with Crippen molar-refractivity contribution in [3.8, 4) is 0 Å². The maximum atomic E-state index is 12.4. The van der Waals surface area contributed by atoms with Gasteiger partial charge < -0.3 is 5.11 Å². The highest BCUT2D eigenvalue weighted by Gasteiger charge is 2.24. The average molecular weight is 316 g/mol. The third kappa shape index (κ3) is 2.79. The van der Waals surface area contributed by atoms with Crippen LogP contribution in [0.15, 0.2) is 23.1 Å². The van der Waals surface area contributed by atoms with Gasteiger partial charge in [-0.1, -0.05) is 17.7 Å². The number of aromatic amines is 1. The van der Waals surface area contributed by atoms with Crippen molar-refractivity contribution in [3.63, 3.8) is 0 Å². The molecule has 0 unspecified atom stereocenters. The first-order valence-corrected chi connectivity index (χ1v) is 7.65. The molecule has 1 aromatic carbocycles. The summed E-state index contributed by atoms with van der Waals surface area (Å²) in [4.78, 5) is -0.0422. The lowest BCUT2D eigenvalue weighted by molar-refractivity contribution is 0.273. The van der Waals surface area contributed by atoms with Crippen LogP contribution in [-0.2, 0) is 16.6 Å². The minimum absolute atomic E-state index is 0.0422. The highest BCUT2D eigenvalue weighted by molar-refractivity contribution is 7.92. The molecule has 0 aliphatic heterocycles. The van der Waals surface area contributed by atoms with E-state index >= 15 is 0 Å². The van der Waals surface area contributed by atoms with Gasteiger partial charge in [-0.2, -0.15) is 5.10 Å². The number of benzene rings is 1. The van der Waals surface area contributed by atoms with Crippen molar-refractivity contribution in [2.45, 2.75) is 25.3 Å². The normalized spacial score (nSPS) is 11.6. The molecule has 2 aromatic rings. The van der Waals surface area contributed by atoms with Crippen LogP contribution in [0.3, 0.4) is 0 Å². The fraction of sp³-hybridized carbons (Fsp3) is 0.250. The Morgan fingerprint density at radius 1 is 1.40 bits per heavy atom. The first-order chi connectivity index (χ1) is 9.35. The van der Waals surface area contributed by atoms with Gasteiger partial charge in [0.2, 0.25) is 0 Å². The standard InChI is InChI=1S/C12H14ClN3O3S/c1-7-3-4-9(13)5-10(7)16-20(18,19)12-8(2)14-15-11(12)6-17/h3-5,16-17H,6H2,1-2H3,(H,14,15). The Bertz CT molecular complexity index is 740. The van der Waals surface area contributed by atoms with E-state index in [0.29, 0.717) is 16.4 Å². The second kappa shape index (κ2) is 5.43. The lowest BCUT2D eigenvalue weighted by atomic mass is 10.2. The number of H-pyrrole nitrogens is 1. The predicted octanol–water partition coefficient (Wildman–Crippen LogP) is 1.97. The number of nitrogens with zero attached hydrogens (tertiary/aromatic N) is 1. The van der Waals surface area contributed by atoms with Crippen LogP contribution >= 0.6 is 11.6 Å². The maximum Gasteiger partial charge on any atom is 0.265 e. The molecule has 6 nitrogen and oxygen atoms in total. The third-order valence-corrected chi connectivity index (χ3v) is 4.63. The molecule has 0 atom stereocenters. The molecule has 0 bridgehead atoms. The fourth-order valence-corrected chi connectivity index (χ4v) is 3.49. The van der Waals surface area contributed by atoms with E-state index in [1.54, 1.807) is 26.0 Å². The van der Waals surface area contributed by atoms with Crippen molar-refractivity contribution >= 4 is 27.3 Å². The van der Waals surface area contributed by atoms with Crippen LogP contribution in [-0.4, -0.2) is 23.7 Å². The molecule has 0 fully saturated rings. The number of aliphatic hydroxyl groups excluding tert-OH is 1. The average Bonchev–Trinajstić information content (AvgIpc) is 2.75. The van der Waals surface area contributed by atoms with E-state index in [-0.39, 0.29) is 10.6 Å². The van der Waals surface area contributed by atoms with Gasteiger partial charge in [-0.3, -0.25) is 9.82 Å². The molecule has 1 heterocycles. The molecule has 1 aromatic heterocycles. The van der Waals surface area contributed by atoms with Gasteiger partial charge in [-0.15, -0.1) is 0 Å². The molecule has 20 heavy (non-hydrogen) atoms. The van der Waals surface area contributed by atoms with Crippen molar-refractivity contribution in [2.24, 2.45) is 0 Å². The monoisotopic (exact) mass is 315 g/mol. The van der Waals surface area contributed by atoms with Crippen molar-refractivity contribution in [3.05, 3.63) is 40.2 Å². The third-order valence-electron chi connectivity index (χ3n) is 2.82. The summed E-state index contributed by atoms with van der Waals surface area (Å²) in [5.41, 5.74) is 1.57. The quantitative estimate of drug-likeness (QED) is 0.804. The number of rotatable bonds is 4. The summed E-state index contributed by atoms with van der Waals surface area (Å²) in [5, 5.41) is 15.9. The summed E-state index contributed by atoms with van der Waals surface area (Å²) < 4.78 is 27.3. The summed E-state index contributed by atoms with van der Waals surface area (Å²) in [7, 11) is -3.85. The first-order valence-electron chi connectivity index (χ1n) is 5.79. The van der Waals surface area contributed by atoms with Gasteiger partial charge in [0.15, 0.2) is 0 Å². The van der Waals surface area contributed by atoms with Crippen LogP contribution in [0.25, 0.3) is 0 Å². The first kappa shape index (κ1) is 14.8. The van der Waals surface area contributed by atoms with E-state index in [1.807, 2.05) is 0 Å². The molecule has 108 valence electrons. The molecule has 0 saturated carbocycles. The maximum absolute atomic E-state index is 12.4. The van der Waals surface area contributed by atoms with Crippen molar-refractivity contribution in [1.29, 1.82) is 0 Å². The van der Waals surface area contributed by atoms with Crippen LogP contribution in [0.1, 0.15) is 17.0 Å². The van der Waals surface area contributed by atoms with Crippen molar-refractivity contribution < 1.29 is 13.5 Å². The predicted molar refractivity (Wildman–Crippen MR) is 76.2 cm³/mol. The number of sulfonamides is 1. The van der Waals surface area contributed by atoms with Crippen LogP contribution in [0.5, 0.6) is 0 Å². The lowest BCUT2D eigenvalue weighted by Crippen LogP contribution is -2.16. The van der Waals surface area contributed by atoms with Gasteiger partial charge in [0.25, 0.3) is 10.0 Å². The zero-order chi connectivity index (χ0) is 14.9. The van der Waals surface area contributed by atoms with E-state index < -0.39 is 16.6 Å². The Morgan fingerprint density at radius 3 is 2.75 bits per heavy atom. The number of hydrogen-bond acceptors (Lipinski definition) is 4. The molecule has 0 radical (unpaired) electrons. The minimum atomic E-state index is -3.85. The van der Waals surface area contributed by atoms with Gasteiger partial charge >= 0.3 is 0 Å². The number of halogens is 1. The van der Waals surface area contributed by atoms with Gasteiger partial charge in [0, 0.05) is 5.02 Å². The Hall–Kier alpha value is -1.57. The van der Waals surface area contributed by atoms with Crippen LogP contribution in [0.4, 0.5) is 5.69 Å². The minimum Gasteiger partial charge on any atom is -0.390 e. The second-order valence-corrected chi connectivity index (χ2v) is 6.40. The number of aliphatic hydroxyl groups is 1. The molecular formula is C12H14ClN3O3S. The second-order valence-electron chi connectivity index (χ2n) is 4.35. The van der Waals surface area contributed by atoms with E-state index in [0.717, 1.165) is 5.56 Å². The van der Waals surface area contributed by atoms with Crippen LogP contribution < -0.4 is 4.72 Å². The van der Waals surface area contributed by atoms with E-state index in [9.17, 15) is 8.42 Å². The summed E-state index contributed by atoms with van der Waals surface area (Å²) in [6.45, 7) is 2.88. The number of hydrogen-bond donors (Lipinski definition) is 3. The molecule has 8 heteroatoms. The Balaban J connectivity index is 2.46. The lowest BCUT2D eigenvalue weighted by Gasteiger charge is -2.11. The van der Waals surface area contributed by atoms with Crippen molar-refractivity contribution in [2.75, 3.05) is 4.72 Å². The highest BCUT2D eigenvalue weighted by Crippen LogP contribution is 2.25. The topological polar surface area (TPSA) is 95.1 Å². The highest BCUT2D eigenvalue weighted by atomic mass is 35.5. The van der Waals surface area contributed by atoms with Gasteiger partial charge in [-0.05, 0) is 31.5 Å². The number of aryl methyl sites for hydroxylation is 2. The molecule has 2 rings (SSSR count). The Labute approximate surface area is 121 Å². The van der Waals surface area contributed by atoms with Gasteiger partial charge in [0.1, 0.15) is 10.6 Å².